The van der Waals surface area contributed by atoms with Crippen molar-refractivity contribution >= 4 is 55.0 Å². The third kappa shape index (κ3) is 12.7. The second kappa shape index (κ2) is 19.6. The number of unbranched alkanes of at least 4 members (excludes halogenated alkanes) is 1. The van der Waals surface area contributed by atoms with Crippen molar-refractivity contribution in [3.8, 4) is 23.0 Å². The number of anilines is 4. The Bertz CT molecular complexity index is 2400. The molecular formula is C44H42N4O10S2. The van der Waals surface area contributed by atoms with Crippen molar-refractivity contribution in [3.05, 3.63) is 157 Å². The van der Waals surface area contributed by atoms with Crippen molar-refractivity contribution in [2.24, 2.45) is 0 Å². The van der Waals surface area contributed by atoms with Crippen molar-refractivity contribution < 1.29 is 44.3 Å². The summed E-state index contributed by atoms with van der Waals surface area (Å²) in [5.74, 6) is 1.50. The third-order valence-electron chi connectivity index (χ3n) is 8.56. The molecule has 6 aromatic rings. The number of hydrogen-bond acceptors (Lipinski definition) is 10. The molecule has 0 heterocycles. The van der Waals surface area contributed by atoms with Gasteiger partial charge < -0.3 is 39.1 Å². The lowest BCUT2D eigenvalue weighted by molar-refractivity contribution is 0.261. The molecule has 4 amide bonds. The van der Waals surface area contributed by atoms with Crippen molar-refractivity contribution in [2.75, 3.05) is 34.5 Å². The number of aryl methyl sites for hydroxylation is 2. The summed E-state index contributed by atoms with van der Waals surface area (Å²) in [6, 6.07) is 37.5. The summed E-state index contributed by atoms with van der Waals surface area (Å²) in [4.78, 5) is 25.2. The Labute approximate surface area is 348 Å². The normalized spacial score (nSPS) is 11.2. The molecule has 14 nitrogen and oxygen atoms in total. The van der Waals surface area contributed by atoms with Gasteiger partial charge in [-0.1, -0.05) is 35.4 Å². The van der Waals surface area contributed by atoms with Gasteiger partial charge in [0.05, 0.1) is 13.2 Å². The highest BCUT2D eigenvalue weighted by molar-refractivity contribution is 7.87. The predicted octanol–water partition coefficient (Wildman–Crippen LogP) is 9.36. The van der Waals surface area contributed by atoms with Crippen LogP contribution in [0.15, 0.2) is 155 Å². The molecule has 6 aromatic carbocycles. The Morgan fingerprint density at radius 3 is 0.950 bits per heavy atom. The molecule has 0 radical (unpaired) electrons. The van der Waals surface area contributed by atoms with Gasteiger partial charge in [-0.2, -0.15) is 16.8 Å². The number of rotatable bonds is 17. The first-order valence-corrected chi connectivity index (χ1v) is 21.5. The van der Waals surface area contributed by atoms with Crippen molar-refractivity contribution in [3.63, 3.8) is 0 Å². The molecule has 0 aromatic heterocycles. The Morgan fingerprint density at radius 2 is 0.667 bits per heavy atom. The first-order chi connectivity index (χ1) is 28.8. The summed E-state index contributed by atoms with van der Waals surface area (Å²) in [5, 5.41) is 10.9. The molecule has 16 heteroatoms. The fourth-order valence-electron chi connectivity index (χ4n) is 5.39. The zero-order chi connectivity index (χ0) is 42.5. The van der Waals surface area contributed by atoms with Crippen LogP contribution in [0.3, 0.4) is 0 Å². The van der Waals surface area contributed by atoms with Crippen LogP contribution < -0.4 is 39.1 Å². The number of nitrogens with one attached hydrogen (secondary N) is 4. The summed E-state index contributed by atoms with van der Waals surface area (Å²) in [7, 11) is -7.98. The number of hydrogen-bond donors (Lipinski definition) is 4. The molecule has 0 aliphatic rings. The average molecular weight is 851 g/mol. The van der Waals surface area contributed by atoms with E-state index < -0.39 is 32.3 Å². The van der Waals surface area contributed by atoms with E-state index in [2.05, 4.69) is 21.3 Å². The number of carbonyl (C=O) groups excluding carboxylic acids is 2. The maximum atomic E-state index is 12.5. The van der Waals surface area contributed by atoms with Gasteiger partial charge in [-0.15, -0.1) is 0 Å². The van der Waals surface area contributed by atoms with Crippen LogP contribution in [0, 0.1) is 13.8 Å². The number of amides is 4. The molecular weight excluding hydrogens is 809 g/mol. The second-order valence-corrected chi connectivity index (χ2v) is 16.5. The van der Waals surface area contributed by atoms with E-state index in [-0.39, 0.29) is 21.3 Å². The van der Waals surface area contributed by atoms with Crippen LogP contribution in [-0.4, -0.2) is 42.1 Å². The molecule has 0 saturated carbocycles. The minimum Gasteiger partial charge on any atom is -0.494 e. The van der Waals surface area contributed by atoms with Crippen LogP contribution in [0.25, 0.3) is 0 Å². The van der Waals surface area contributed by atoms with Gasteiger partial charge in [0.25, 0.3) is 0 Å². The zero-order valence-electron chi connectivity index (χ0n) is 32.6. The molecule has 4 N–H and O–H groups in total. The summed E-state index contributed by atoms with van der Waals surface area (Å²) >= 11 is 0. The van der Waals surface area contributed by atoms with Crippen LogP contribution in [0.2, 0.25) is 0 Å². The topological polar surface area (TPSA) is 187 Å². The maximum absolute atomic E-state index is 12.5. The fourth-order valence-corrected chi connectivity index (χ4v) is 7.25. The van der Waals surface area contributed by atoms with Gasteiger partial charge >= 0.3 is 32.3 Å². The molecule has 60 heavy (non-hydrogen) atoms. The Morgan fingerprint density at radius 1 is 0.400 bits per heavy atom. The average Bonchev–Trinajstić information content (AvgIpc) is 3.22. The van der Waals surface area contributed by atoms with Gasteiger partial charge in [0.2, 0.25) is 0 Å². The molecule has 0 fully saturated rings. The molecule has 0 unspecified atom stereocenters. The van der Waals surface area contributed by atoms with Crippen molar-refractivity contribution in [1.29, 1.82) is 0 Å². The lowest BCUT2D eigenvalue weighted by Crippen LogP contribution is -2.19. The Balaban J connectivity index is 0.837. The quantitative estimate of drug-likeness (QED) is 0.0509. The second-order valence-electron chi connectivity index (χ2n) is 13.4. The lowest BCUT2D eigenvalue weighted by atomic mass is 10.2. The molecule has 6 rings (SSSR count). The first kappa shape index (κ1) is 42.6. The number of urea groups is 2. The van der Waals surface area contributed by atoms with Crippen LogP contribution >= 0.6 is 0 Å². The van der Waals surface area contributed by atoms with E-state index in [1.807, 2.05) is 13.8 Å². The van der Waals surface area contributed by atoms with Crippen LogP contribution in [0.5, 0.6) is 23.0 Å². The molecule has 310 valence electrons. The van der Waals surface area contributed by atoms with Crippen molar-refractivity contribution in [2.45, 2.75) is 36.5 Å². The van der Waals surface area contributed by atoms with Crippen LogP contribution in [-0.2, 0) is 20.2 Å². The number of benzene rings is 6. The predicted molar refractivity (Wildman–Crippen MR) is 229 cm³/mol. The minimum absolute atomic E-state index is 0.0466. The van der Waals surface area contributed by atoms with E-state index in [1.165, 1.54) is 72.8 Å². The highest BCUT2D eigenvalue weighted by Crippen LogP contribution is 2.24. The highest BCUT2D eigenvalue weighted by Gasteiger charge is 2.18. The molecule has 0 saturated heterocycles. The monoisotopic (exact) mass is 850 g/mol. The zero-order valence-corrected chi connectivity index (χ0v) is 34.2. The van der Waals surface area contributed by atoms with Gasteiger partial charge in [-0.25, -0.2) is 9.59 Å². The van der Waals surface area contributed by atoms with Gasteiger partial charge in [-0.05, 0) is 148 Å². The highest BCUT2D eigenvalue weighted by atomic mass is 32.2. The lowest BCUT2D eigenvalue weighted by Gasteiger charge is -2.11. The summed E-state index contributed by atoms with van der Waals surface area (Å²) in [6.07, 6.45) is 1.47. The molecule has 0 spiro atoms. The Hall–Kier alpha value is -7.04. The van der Waals surface area contributed by atoms with Gasteiger partial charge in [-0.3, -0.25) is 0 Å². The van der Waals surface area contributed by atoms with E-state index >= 15 is 0 Å². The fraction of sp³-hybridized carbons (Fsp3) is 0.136. The largest absolute Gasteiger partial charge is 0.494 e. The molecule has 0 aliphatic heterocycles. The van der Waals surface area contributed by atoms with E-state index in [0.717, 1.165) is 24.0 Å². The molecule has 0 aliphatic carbocycles. The summed E-state index contributed by atoms with van der Waals surface area (Å²) < 4.78 is 72.2. The van der Waals surface area contributed by atoms with Crippen LogP contribution in [0.4, 0.5) is 32.3 Å². The first-order valence-electron chi connectivity index (χ1n) is 18.6. The van der Waals surface area contributed by atoms with E-state index in [9.17, 15) is 26.4 Å². The van der Waals surface area contributed by atoms with Gasteiger partial charge in [0.1, 0.15) is 32.8 Å². The van der Waals surface area contributed by atoms with Crippen molar-refractivity contribution in [1.82, 2.24) is 0 Å². The number of carbonyl (C=O) groups is 2. The summed E-state index contributed by atoms with van der Waals surface area (Å²) in [5.41, 5.74) is 3.83. The molecule has 0 atom stereocenters. The summed E-state index contributed by atoms with van der Waals surface area (Å²) in [6.45, 7) is 4.64. The third-order valence-corrected chi connectivity index (χ3v) is 11.1. The SMILES string of the molecule is Cc1ccc(S(=O)(=O)Oc2ccc(NC(=O)Nc3ccc(OCCCCOc4ccc(NC(=O)Nc5ccc(OS(=O)(=O)c6ccc(C)cc6)cc5)cc4)cc3)cc2)cc1. The molecule has 0 bridgehead atoms. The Kier molecular flexibility index (Phi) is 13.9. The van der Waals surface area contributed by atoms with Gasteiger partial charge in [0.15, 0.2) is 0 Å². The number of ether oxygens (including phenoxy) is 2. The van der Waals surface area contributed by atoms with E-state index in [4.69, 9.17) is 17.8 Å². The maximum Gasteiger partial charge on any atom is 0.339 e. The minimum atomic E-state index is -3.99. The van der Waals surface area contributed by atoms with Gasteiger partial charge in [0, 0.05) is 22.7 Å². The standard InChI is InChI=1S/C44H42N4O10S2/c1-31-5-25-41(26-6-31)59(51,52)57-39-21-13-35(14-22-39)47-43(49)45-33-9-17-37(18-10-33)55-29-3-4-30-56-38-19-11-34(12-20-38)46-44(50)48-36-15-23-40(24-16-36)58-60(53,54)42-27-7-32(2)8-28-42/h5-28H,3-4,29-30H2,1-2H3,(H2,45,47,49)(H2,46,48,50). The van der Waals surface area contributed by atoms with E-state index in [1.54, 1.807) is 72.8 Å². The van der Waals surface area contributed by atoms with Crippen LogP contribution in [0.1, 0.15) is 24.0 Å². The van der Waals surface area contributed by atoms with E-state index in [0.29, 0.717) is 47.5 Å². The smallest absolute Gasteiger partial charge is 0.339 e.